The Balaban J connectivity index is 1.51. The lowest BCUT2D eigenvalue weighted by Gasteiger charge is -2.33. The Morgan fingerprint density at radius 1 is 1.24 bits per heavy atom. The lowest BCUT2D eigenvalue weighted by molar-refractivity contribution is -0.148. The molecule has 0 saturated carbocycles. The van der Waals surface area contributed by atoms with Crippen molar-refractivity contribution >= 4 is 23.2 Å². The van der Waals surface area contributed by atoms with E-state index in [2.05, 4.69) is 4.90 Å². The number of aliphatic carboxylic acids is 1. The molecular formula is C18H24N2O4S. The summed E-state index contributed by atoms with van der Waals surface area (Å²) in [6.07, 6.45) is 1.94. The van der Waals surface area contributed by atoms with Gasteiger partial charge in [-0.2, -0.15) is 0 Å². The van der Waals surface area contributed by atoms with Gasteiger partial charge in [-0.25, -0.2) is 0 Å². The van der Waals surface area contributed by atoms with Crippen LogP contribution in [0.15, 0.2) is 12.1 Å². The van der Waals surface area contributed by atoms with Crippen molar-refractivity contribution in [2.45, 2.75) is 25.8 Å². The van der Waals surface area contributed by atoms with E-state index in [1.54, 1.807) is 4.90 Å². The number of nitrogens with zero attached hydrogens (tertiary/aromatic N) is 2. The van der Waals surface area contributed by atoms with E-state index in [1.165, 1.54) is 11.3 Å². The molecule has 1 amide bonds. The Morgan fingerprint density at radius 2 is 2.00 bits per heavy atom. The lowest BCUT2D eigenvalue weighted by atomic mass is 9.81. The van der Waals surface area contributed by atoms with Crippen molar-refractivity contribution in [1.82, 2.24) is 9.80 Å². The third-order valence-corrected chi connectivity index (χ3v) is 7.00. The summed E-state index contributed by atoms with van der Waals surface area (Å²) in [7, 11) is 0. The van der Waals surface area contributed by atoms with E-state index >= 15 is 0 Å². The zero-order valence-electron chi connectivity index (χ0n) is 14.4. The van der Waals surface area contributed by atoms with Gasteiger partial charge in [0.15, 0.2) is 0 Å². The Labute approximate surface area is 151 Å². The van der Waals surface area contributed by atoms with E-state index in [0.29, 0.717) is 30.6 Å². The van der Waals surface area contributed by atoms with Crippen molar-refractivity contribution in [1.29, 1.82) is 0 Å². The number of carboxylic acid groups (broad SMARTS) is 1. The van der Waals surface area contributed by atoms with Gasteiger partial charge in [0.05, 0.1) is 4.88 Å². The number of hydrogen-bond acceptors (Lipinski definition) is 5. The molecule has 2 atom stereocenters. The third kappa shape index (κ3) is 2.88. The van der Waals surface area contributed by atoms with Crippen LogP contribution in [0.25, 0.3) is 0 Å². The highest BCUT2D eigenvalue weighted by atomic mass is 32.1. The number of likely N-dealkylation sites (tertiary alicyclic amines) is 2. The summed E-state index contributed by atoms with van der Waals surface area (Å²) in [5.74, 6) is -0.770. The van der Waals surface area contributed by atoms with Crippen LogP contribution in [0.1, 0.15) is 27.4 Å². The smallest absolute Gasteiger partial charge is 0.313 e. The SMILES string of the molecule is Cc1ccc(C(=O)N2C[C@H]3CN(C4CCOCC4)C[C@@]3(C(=O)O)C2)s1. The van der Waals surface area contributed by atoms with Crippen molar-refractivity contribution in [2.75, 3.05) is 39.4 Å². The predicted molar refractivity (Wildman–Crippen MR) is 93.9 cm³/mol. The number of aryl methyl sites for hydroxylation is 1. The molecule has 136 valence electrons. The first-order valence-corrected chi connectivity index (χ1v) is 9.72. The van der Waals surface area contributed by atoms with Gasteiger partial charge in [0.1, 0.15) is 5.41 Å². The second-order valence-electron chi connectivity index (χ2n) is 7.53. The van der Waals surface area contributed by atoms with E-state index in [9.17, 15) is 14.7 Å². The molecule has 0 aromatic carbocycles. The number of hydrogen-bond donors (Lipinski definition) is 1. The molecule has 3 fully saturated rings. The maximum atomic E-state index is 12.8. The Morgan fingerprint density at radius 3 is 2.60 bits per heavy atom. The van der Waals surface area contributed by atoms with Crippen LogP contribution in [-0.2, 0) is 9.53 Å². The summed E-state index contributed by atoms with van der Waals surface area (Å²) in [5, 5.41) is 9.98. The minimum absolute atomic E-state index is 0.0119. The highest BCUT2D eigenvalue weighted by Crippen LogP contribution is 2.44. The Bertz CT molecular complexity index is 684. The zero-order valence-corrected chi connectivity index (χ0v) is 15.3. The fraction of sp³-hybridized carbons (Fsp3) is 0.667. The molecule has 0 unspecified atom stereocenters. The molecule has 3 aliphatic rings. The number of carbonyl (C=O) groups is 2. The predicted octanol–water partition coefficient (Wildman–Crippen LogP) is 1.69. The number of ether oxygens (including phenoxy) is 1. The standard InChI is InChI=1S/C18H24N2O4S/c1-12-2-3-15(25-12)16(21)20-9-13-8-19(14-4-6-24-7-5-14)10-18(13,11-20)17(22)23/h2-3,13-14H,4-11H2,1H3,(H,22,23)/t13-,18-/m1/s1. The molecule has 1 aromatic heterocycles. The van der Waals surface area contributed by atoms with Crippen LogP contribution in [0, 0.1) is 18.3 Å². The van der Waals surface area contributed by atoms with Crippen molar-refractivity contribution in [2.24, 2.45) is 11.3 Å². The molecule has 25 heavy (non-hydrogen) atoms. The van der Waals surface area contributed by atoms with Crippen molar-refractivity contribution in [3.05, 3.63) is 21.9 Å². The van der Waals surface area contributed by atoms with Crippen molar-refractivity contribution in [3.8, 4) is 0 Å². The summed E-state index contributed by atoms with van der Waals surface area (Å²) >= 11 is 1.48. The quantitative estimate of drug-likeness (QED) is 0.884. The number of rotatable bonds is 3. The zero-order chi connectivity index (χ0) is 17.6. The monoisotopic (exact) mass is 364 g/mol. The molecule has 0 radical (unpaired) electrons. The average molecular weight is 364 g/mol. The van der Waals surface area contributed by atoms with Gasteiger partial charge >= 0.3 is 5.97 Å². The van der Waals surface area contributed by atoms with Crippen LogP contribution in [0.3, 0.4) is 0 Å². The van der Waals surface area contributed by atoms with E-state index < -0.39 is 11.4 Å². The van der Waals surface area contributed by atoms with E-state index in [0.717, 1.165) is 37.5 Å². The Kier molecular flexibility index (Phi) is 4.33. The van der Waals surface area contributed by atoms with Gasteiger partial charge in [-0.3, -0.25) is 14.5 Å². The first-order chi connectivity index (χ1) is 12.0. The van der Waals surface area contributed by atoms with E-state index in [4.69, 9.17) is 4.74 Å². The summed E-state index contributed by atoms with van der Waals surface area (Å²) in [4.78, 5) is 30.8. The van der Waals surface area contributed by atoms with E-state index in [-0.39, 0.29) is 11.8 Å². The molecule has 4 rings (SSSR count). The normalized spacial score (nSPS) is 30.6. The molecule has 4 heterocycles. The minimum Gasteiger partial charge on any atom is -0.481 e. The lowest BCUT2D eigenvalue weighted by Crippen LogP contribution is -2.45. The molecule has 3 saturated heterocycles. The number of thiophene rings is 1. The molecule has 3 aliphatic heterocycles. The third-order valence-electron chi connectivity index (χ3n) is 6.01. The number of carboxylic acids is 1. The van der Waals surface area contributed by atoms with Crippen LogP contribution >= 0.6 is 11.3 Å². The van der Waals surface area contributed by atoms with E-state index in [1.807, 2.05) is 19.1 Å². The highest BCUT2D eigenvalue weighted by Gasteiger charge is 2.59. The van der Waals surface area contributed by atoms with Crippen molar-refractivity contribution in [3.63, 3.8) is 0 Å². The average Bonchev–Trinajstić information content (AvgIpc) is 3.27. The fourth-order valence-corrected chi connectivity index (χ4v) is 5.43. The first kappa shape index (κ1) is 17.0. The highest BCUT2D eigenvalue weighted by molar-refractivity contribution is 7.13. The van der Waals surface area contributed by atoms with Crippen molar-refractivity contribution < 1.29 is 19.4 Å². The molecule has 1 N–H and O–H groups in total. The summed E-state index contributed by atoms with van der Waals surface area (Å²) in [6.45, 7) is 5.67. The molecular weight excluding hydrogens is 340 g/mol. The Hall–Kier alpha value is -1.44. The van der Waals surface area contributed by atoms with Gasteiger partial charge in [0.25, 0.3) is 5.91 Å². The molecule has 0 spiro atoms. The topological polar surface area (TPSA) is 70.1 Å². The second kappa shape index (κ2) is 6.37. The second-order valence-corrected chi connectivity index (χ2v) is 8.82. The first-order valence-electron chi connectivity index (χ1n) is 8.90. The summed E-state index contributed by atoms with van der Waals surface area (Å²) in [6, 6.07) is 4.20. The van der Waals surface area contributed by atoms with Crippen LogP contribution < -0.4 is 0 Å². The number of carbonyl (C=O) groups excluding carboxylic acids is 1. The molecule has 6 nitrogen and oxygen atoms in total. The number of fused-ring (bicyclic) bond motifs is 1. The van der Waals surface area contributed by atoms with Gasteiger partial charge in [-0.15, -0.1) is 11.3 Å². The largest absolute Gasteiger partial charge is 0.481 e. The maximum Gasteiger partial charge on any atom is 0.313 e. The fourth-order valence-electron chi connectivity index (χ4n) is 4.59. The van der Waals surface area contributed by atoms with Crippen LogP contribution in [0.2, 0.25) is 0 Å². The number of amides is 1. The van der Waals surface area contributed by atoms with Gasteiger partial charge in [-0.05, 0) is 31.9 Å². The van der Waals surface area contributed by atoms with Gasteiger partial charge < -0.3 is 14.7 Å². The summed E-state index contributed by atoms with van der Waals surface area (Å²) < 4.78 is 5.43. The molecule has 0 bridgehead atoms. The molecule has 7 heteroatoms. The van der Waals surface area contributed by atoms with Crippen LogP contribution in [0.5, 0.6) is 0 Å². The maximum absolute atomic E-state index is 12.8. The van der Waals surface area contributed by atoms with Gasteiger partial charge in [0, 0.05) is 56.2 Å². The van der Waals surface area contributed by atoms with Crippen LogP contribution in [0.4, 0.5) is 0 Å². The van der Waals surface area contributed by atoms with Crippen LogP contribution in [-0.4, -0.2) is 72.2 Å². The minimum atomic E-state index is -0.819. The van der Waals surface area contributed by atoms with Gasteiger partial charge in [0.2, 0.25) is 0 Å². The van der Waals surface area contributed by atoms with Gasteiger partial charge in [-0.1, -0.05) is 0 Å². The molecule has 1 aromatic rings. The molecule has 0 aliphatic carbocycles. The summed E-state index contributed by atoms with van der Waals surface area (Å²) in [5.41, 5.74) is -0.819.